The third-order valence-electron chi connectivity index (χ3n) is 2.78. The van der Waals surface area contributed by atoms with E-state index >= 15 is 0 Å². The van der Waals surface area contributed by atoms with Crippen LogP contribution in [0.3, 0.4) is 0 Å². The van der Waals surface area contributed by atoms with Crippen LogP contribution in [0.1, 0.15) is 40.0 Å². The van der Waals surface area contributed by atoms with Gasteiger partial charge in [0.05, 0.1) is 0 Å². The lowest BCUT2D eigenvalue weighted by molar-refractivity contribution is -0.0820. The minimum Gasteiger partial charge on any atom is -0.357 e. The molecule has 0 unspecified atom stereocenters. The molecule has 1 aliphatic rings. The zero-order chi connectivity index (χ0) is 11.8. The first-order valence-corrected chi connectivity index (χ1v) is 7.94. The average molecular weight is 240 g/mol. The summed E-state index contributed by atoms with van der Waals surface area (Å²) in [7, 11) is -0.440. The fourth-order valence-electron chi connectivity index (χ4n) is 2.09. The van der Waals surface area contributed by atoms with E-state index in [1.807, 2.05) is 13.8 Å². The highest BCUT2D eigenvalue weighted by Crippen LogP contribution is 2.23. The third-order valence-corrected chi connectivity index (χ3v) is 4.76. The molecule has 1 aliphatic carbocycles. The van der Waals surface area contributed by atoms with Crippen LogP contribution in [0.4, 0.5) is 0 Å². The molecule has 0 radical (unpaired) electrons. The lowest BCUT2D eigenvalue weighted by atomic mass is 10.1. The molecule has 2 nitrogen and oxygen atoms in total. The Balaban J connectivity index is 2.54. The minimum absolute atomic E-state index is 0.0691. The summed E-state index contributed by atoms with van der Waals surface area (Å²) in [6, 6.07) is 0. The van der Waals surface area contributed by atoms with Gasteiger partial charge in [0.1, 0.15) is 15.4 Å². The molecule has 92 valence electrons. The minimum atomic E-state index is -0.440. The first-order chi connectivity index (χ1) is 7.81. The fourth-order valence-corrected chi connectivity index (χ4v) is 4.07. The molecule has 0 aromatic rings. The quantitative estimate of drug-likeness (QED) is 0.479. The second-order valence-electron chi connectivity index (χ2n) is 4.03. The van der Waals surface area contributed by atoms with Gasteiger partial charge >= 0.3 is 0 Å². The number of allylic oxidation sites excluding steroid dienone is 4. The Morgan fingerprint density at radius 2 is 1.94 bits per heavy atom. The van der Waals surface area contributed by atoms with Crippen molar-refractivity contribution in [2.75, 3.05) is 13.2 Å². The van der Waals surface area contributed by atoms with E-state index in [9.17, 15) is 0 Å². The van der Waals surface area contributed by atoms with Crippen molar-refractivity contribution in [3.8, 4) is 0 Å². The van der Waals surface area contributed by atoms with Crippen molar-refractivity contribution in [2.45, 2.75) is 45.9 Å². The molecule has 0 atom stereocenters. The lowest BCUT2D eigenvalue weighted by Gasteiger charge is -2.17. The van der Waals surface area contributed by atoms with Gasteiger partial charge in [0.2, 0.25) is 0 Å². The number of hydrogen-bond donors (Lipinski definition) is 0. The van der Waals surface area contributed by atoms with Crippen LogP contribution >= 0.6 is 0 Å². The number of ether oxygens (including phenoxy) is 2. The zero-order valence-electron chi connectivity index (χ0n) is 10.8. The van der Waals surface area contributed by atoms with Gasteiger partial charge in [-0.3, -0.25) is 0 Å². The van der Waals surface area contributed by atoms with Gasteiger partial charge < -0.3 is 9.47 Å². The summed E-state index contributed by atoms with van der Waals surface area (Å²) in [4.78, 5) is 0. The lowest BCUT2D eigenvalue weighted by Crippen LogP contribution is -2.26. The molecule has 0 bridgehead atoms. The molecular weight excluding hydrogens is 216 g/mol. The summed E-state index contributed by atoms with van der Waals surface area (Å²) in [5, 5.41) is 1.56. The molecular formula is C13H24O2Si. The third kappa shape index (κ3) is 4.24. The molecule has 0 amide bonds. The Morgan fingerprint density at radius 1 is 1.25 bits per heavy atom. The van der Waals surface area contributed by atoms with Gasteiger partial charge in [-0.25, -0.2) is 0 Å². The maximum atomic E-state index is 5.64. The van der Waals surface area contributed by atoms with E-state index in [1.54, 1.807) is 10.8 Å². The van der Waals surface area contributed by atoms with Crippen molar-refractivity contribution >= 4 is 9.52 Å². The SMILES string of the molecule is CCCC1=C([SiH2]C(OCC)OCC)C=CC1. The van der Waals surface area contributed by atoms with Crippen LogP contribution in [0.15, 0.2) is 22.9 Å². The monoisotopic (exact) mass is 240 g/mol. The summed E-state index contributed by atoms with van der Waals surface area (Å²) < 4.78 is 11.3. The van der Waals surface area contributed by atoms with Gasteiger partial charge in [-0.1, -0.05) is 36.3 Å². The topological polar surface area (TPSA) is 18.5 Å². The summed E-state index contributed by atoms with van der Waals surface area (Å²) in [6.07, 6.45) is 8.20. The Hall–Kier alpha value is -0.383. The van der Waals surface area contributed by atoms with E-state index < -0.39 is 9.52 Å². The van der Waals surface area contributed by atoms with Gasteiger partial charge in [0, 0.05) is 13.2 Å². The van der Waals surface area contributed by atoms with Crippen molar-refractivity contribution in [2.24, 2.45) is 0 Å². The molecule has 0 saturated carbocycles. The van der Waals surface area contributed by atoms with Crippen LogP contribution in [-0.4, -0.2) is 28.6 Å². The maximum Gasteiger partial charge on any atom is 0.139 e. The van der Waals surface area contributed by atoms with Gasteiger partial charge in [0.15, 0.2) is 0 Å². The van der Waals surface area contributed by atoms with Crippen LogP contribution in [-0.2, 0) is 9.47 Å². The zero-order valence-corrected chi connectivity index (χ0v) is 12.2. The predicted octanol–water partition coefficient (Wildman–Crippen LogP) is 2.53. The van der Waals surface area contributed by atoms with Crippen molar-refractivity contribution in [3.63, 3.8) is 0 Å². The van der Waals surface area contributed by atoms with E-state index in [1.165, 1.54) is 12.8 Å². The van der Waals surface area contributed by atoms with Crippen molar-refractivity contribution in [3.05, 3.63) is 22.9 Å². The molecule has 0 aromatic carbocycles. The molecule has 1 rings (SSSR count). The van der Waals surface area contributed by atoms with Crippen LogP contribution < -0.4 is 0 Å². The van der Waals surface area contributed by atoms with Crippen molar-refractivity contribution < 1.29 is 9.47 Å². The molecule has 0 N–H and O–H groups in total. The van der Waals surface area contributed by atoms with Crippen LogP contribution in [0, 0.1) is 0 Å². The highest BCUT2D eigenvalue weighted by molar-refractivity contribution is 6.47. The van der Waals surface area contributed by atoms with Crippen molar-refractivity contribution in [1.82, 2.24) is 0 Å². The van der Waals surface area contributed by atoms with Crippen molar-refractivity contribution in [1.29, 1.82) is 0 Å². The highest BCUT2D eigenvalue weighted by Gasteiger charge is 2.15. The summed E-state index contributed by atoms with van der Waals surface area (Å²) in [5.74, 6) is 0.0691. The first kappa shape index (κ1) is 13.7. The molecule has 0 spiro atoms. The smallest absolute Gasteiger partial charge is 0.139 e. The molecule has 0 aromatic heterocycles. The Bertz CT molecular complexity index is 253. The number of rotatable bonds is 8. The normalized spacial score (nSPS) is 16.2. The van der Waals surface area contributed by atoms with Crippen LogP contribution in [0.5, 0.6) is 0 Å². The molecule has 0 fully saturated rings. The highest BCUT2D eigenvalue weighted by atomic mass is 28.2. The van der Waals surface area contributed by atoms with E-state index in [-0.39, 0.29) is 5.91 Å². The van der Waals surface area contributed by atoms with Gasteiger partial charge in [0.25, 0.3) is 0 Å². The van der Waals surface area contributed by atoms with E-state index in [4.69, 9.17) is 9.47 Å². The Kier molecular flexibility index (Phi) is 6.69. The number of hydrogen-bond acceptors (Lipinski definition) is 2. The fraction of sp³-hybridized carbons (Fsp3) is 0.692. The predicted molar refractivity (Wildman–Crippen MR) is 71.3 cm³/mol. The molecule has 0 aliphatic heterocycles. The molecule has 0 heterocycles. The molecule has 3 heteroatoms. The van der Waals surface area contributed by atoms with E-state index in [0.717, 1.165) is 19.6 Å². The summed E-state index contributed by atoms with van der Waals surface area (Å²) in [5.41, 5.74) is 1.62. The van der Waals surface area contributed by atoms with Gasteiger partial charge in [-0.15, -0.1) is 0 Å². The van der Waals surface area contributed by atoms with Gasteiger partial charge in [-0.2, -0.15) is 0 Å². The maximum absolute atomic E-state index is 5.64. The Morgan fingerprint density at radius 3 is 2.50 bits per heavy atom. The van der Waals surface area contributed by atoms with Gasteiger partial charge in [-0.05, 0) is 26.7 Å². The first-order valence-electron chi connectivity index (χ1n) is 6.42. The standard InChI is InChI=1S/C13H24O2Si/c1-4-8-11-9-7-10-12(11)16-13(14-5-2)15-6-3/h7,10,13H,4-6,8-9,16H2,1-3H3. The Labute approximate surface area is 102 Å². The second kappa shape index (κ2) is 7.82. The average Bonchev–Trinajstić information content (AvgIpc) is 2.67. The second-order valence-corrected chi connectivity index (χ2v) is 5.87. The van der Waals surface area contributed by atoms with Crippen LogP contribution in [0.2, 0.25) is 0 Å². The summed E-state index contributed by atoms with van der Waals surface area (Å²) in [6.45, 7) is 7.81. The molecule has 16 heavy (non-hydrogen) atoms. The molecule has 0 saturated heterocycles. The van der Waals surface area contributed by atoms with E-state index in [0.29, 0.717) is 0 Å². The van der Waals surface area contributed by atoms with Crippen LogP contribution in [0.25, 0.3) is 0 Å². The largest absolute Gasteiger partial charge is 0.357 e. The summed E-state index contributed by atoms with van der Waals surface area (Å²) >= 11 is 0. The van der Waals surface area contributed by atoms with E-state index in [2.05, 4.69) is 19.1 Å².